The topological polar surface area (TPSA) is 54.7 Å². The summed E-state index contributed by atoms with van der Waals surface area (Å²) in [6.07, 6.45) is 3.88. The molecule has 30 heavy (non-hydrogen) atoms. The van der Waals surface area contributed by atoms with E-state index in [1.54, 1.807) is 6.26 Å². The van der Waals surface area contributed by atoms with E-state index in [4.69, 9.17) is 9.15 Å². The highest BCUT2D eigenvalue weighted by Crippen LogP contribution is 2.19. The minimum Gasteiger partial charge on any atom is -0.492 e. The number of rotatable bonds is 10. The molecule has 0 atom stereocenters. The van der Waals surface area contributed by atoms with E-state index < -0.39 is 0 Å². The maximum Gasteiger partial charge on any atom is 0.251 e. The molecule has 1 fully saturated rings. The summed E-state index contributed by atoms with van der Waals surface area (Å²) in [5.74, 6) is 1.82. The van der Waals surface area contributed by atoms with Crippen LogP contribution in [0.2, 0.25) is 0 Å². The third kappa shape index (κ3) is 5.97. The van der Waals surface area contributed by atoms with Crippen LogP contribution >= 0.6 is 0 Å². The van der Waals surface area contributed by atoms with E-state index in [9.17, 15) is 4.79 Å². The molecule has 0 unspecified atom stereocenters. The number of nitrogens with zero attached hydrogens (tertiary/aromatic N) is 1. The highest BCUT2D eigenvalue weighted by molar-refractivity contribution is 5.94. The number of nitrogens with one attached hydrogen (secondary N) is 1. The Morgan fingerprint density at radius 2 is 1.83 bits per heavy atom. The first-order valence-corrected chi connectivity index (χ1v) is 10.5. The van der Waals surface area contributed by atoms with E-state index in [2.05, 4.69) is 29.3 Å². The van der Waals surface area contributed by atoms with Crippen LogP contribution in [0.25, 0.3) is 0 Å². The van der Waals surface area contributed by atoms with Gasteiger partial charge in [0.2, 0.25) is 0 Å². The summed E-state index contributed by atoms with van der Waals surface area (Å²) >= 11 is 0. The van der Waals surface area contributed by atoms with Gasteiger partial charge < -0.3 is 14.5 Å². The first kappa shape index (κ1) is 20.2. The summed E-state index contributed by atoms with van der Waals surface area (Å²) in [5.41, 5.74) is 3.09. The normalized spacial score (nSPS) is 13.4. The molecular weight excluding hydrogens is 376 g/mol. The number of amides is 1. The second-order valence-corrected chi connectivity index (χ2v) is 7.90. The zero-order chi connectivity index (χ0) is 20.8. The van der Waals surface area contributed by atoms with Crippen LogP contribution in [0.3, 0.4) is 0 Å². The minimum atomic E-state index is 0.0167. The van der Waals surface area contributed by atoms with E-state index in [0.717, 1.165) is 43.0 Å². The number of furan rings is 1. The van der Waals surface area contributed by atoms with Gasteiger partial charge in [-0.2, -0.15) is 0 Å². The Kier molecular flexibility index (Phi) is 6.50. The molecule has 1 N–H and O–H groups in total. The average Bonchev–Trinajstić information content (AvgIpc) is 3.42. The van der Waals surface area contributed by atoms with Crippen LogP contribution in [-0.4, -0.2) is 30.0 Å². The van der Waals surface area contributed by atoms with Crippen molar-refractivity contribution in [1.29, 1.82) is 0 Å². The molecule has 2 aromatic carbocycles. The van der Waals surface area contributed by atoms with Crippen molar-refractivity contribution >= 4 is 5.91 Å². The van der Waals surface area contributed by atoms with Gasteiger partial charge >= 0.3 is 0 Å². The molecule has 5 nitrogen and oxygen atoms in total. The molecule has 3 aromatic rings. The van der Waals surface area contributed by atoms with E-state index in [0.29, 0.717) is 24.8 Å². The maximum absolute atomic E-state index is 12.2. The fraction of sp³-hybridized carbons (Fsp3) is 0.320. The van der Waals surface area contributed by atoms with Crippen LogP contribution < -0.4 is 10.1 Å². The molecule has 0 spiro atoms. The van der Waals surface area contributed by atoms with Gasteiger partial charge in [-0.3, -0.25) is 9.69 Å². The monoisotopic (exact) mass is 404 g/mol. The largest absolute Gasteiger partial charge is 0.492 e. The van der Waals surface area contributed by atoms with Crippen LogP contribution in [0.5, 0.6) is 5.75 Å². The standard InChI is InChI=1S/C25H28N2O3/c1-19-4-12-23(13-5-19)30-16-14-27(18-24-3-2-15-29-24)17-20-6-8-21(9-7-20)25(28)26-22-10-11-22/h2-9,12-13,15,22H,10-11,14,16-18H2,1H3,(H,26,28). The van der Waals surface area contributed by atoms with E-state index >= 15 is 0 Å². The van der Waals surface area contributed by atoms with E-state index in [1.807, 2.05) is 48.5 Å². The lowest BCUT2D eigenvalue weighted by molar-refractivity contribution is 0.0951. The molecule has 1 aliphatic rings. The third-order valence-electron chi connectivity index (χ3n) is 5.19. The molecule has 5 heteroatoms. The van der Waals surface area contributed by atoms with Gasteiger partial charge in [0.15, 0.2) is 0 Å². The zero-order valence-corrected chi connectivity index (χ0v) is 17.3. The lowest BCUT2D eigenvalue weighted by Crippen LogP contribution is -2.28. The van der Waals surface area contributed by atoms with Crippen molar-refractivity contribution in [2.24, 2.45) is 0 Å². The molecule has 1 heterocycles. The van der Waals surface area contributed by atoms with Crippen molar-refractivity contribution < 1.29 is 13.9 Å². The number of aryl methyl sites for hydroxylation is 1. The van der Waals surface area contributed by atoms with Crippen LogP contribution in [0, 0.1) is 6.92 Å². The van der Waals surface area contributed by atoms with Gasteiger partial charge in [-0.25, -0.2) is 0 Å². The van der Waals surface area contributed by atoms with Crippen molar-refractivity contribution in [3.05, 3.63) is 89.4 Å². The van der Waals surface area contributed by atoms with Crippen molar-refractivity contribution in [2.45, 2.75) is 38.9 Å². The van der Waals surface area contributed by atoms with Gasteiger partial charge in [0, 0.05) is 24.7 Å². The smallest absolute Gasteiger partial charge is 0.251 e. The average molecular weight is 405 g/mol. The first-order valence-electron chi connectivity index (χ1n) is 10.5. The SMILES string of the molecule is Cc1ccc(OCCN(Cc2ccc(C(=O)NC3CC3)cc2)Cc2ccco2)cc1. The highest BCUT2D eigenvalue weighted by Gasteiger charge is 2.23. The van der Waals surface area contributed by atoms with Crippen molar-refractivity contribution in [1.82, 2.24) is 10.2 Å². The quantitative estimate of drug-likeness (QED) is 0.538. The molecule has 0 bridgehead atoms. The summed E-state index contributed by atoms with van der Waals surface area (Å²) in [6, 6.07) is 20.2. The molecule has 0 saturated heterocycles. The summed E-state index contributed by atoms with van der Waals surface area (Å²) in [6.45, 7) is 4.87. The lowest BCUT2D eigenvalue weighted by atomic mass is 10.1. The molecule has 4 rings (SSSR count). The Balaban J connectivity index is 1.35. The molecule has 1 aliphatic carbocycles. The van der Waals surface area contributed by atoms with E-state index in [1.165, 1.54) is 5.56 Å². The van der Waals surface area contributed by atoms with Crippen LogP contribution in [0.4, 0.5) is 0 Å². The molecule has 156 valence electrons. The Hall–Kier alpha value is -3.05. The molecule has 0 aliphatic heterocycles. The van der Waals surface area contributed by atoms with Gasteiger partial charge in [-0.1, -0.05) is 29.8 Å². The zero-order valence-electron chi connectivity index (χ0n) is 17.3. The maximum atomic E-state index is 12.2. The fourth-order valence-corrected chi connectivity index (χ4v) is 3.28. The Morgan fingerprint density at radius 3 is 2.50 bits per heavy atom. The summed E-state index contributed by atoms with van der Waals surface area (Å²) < 4.78 is 11.5. The Morgan fingerprint density at radius 1 is 1.07 bits per heavy atom. The van der Waals surface area contributed by atoms with Crippen LogP contribution in [-0.2, 0) is 13.1 Å². The molecule has 1 aromatic heterocycles. The van der Waals surface area contributed by atoms with Crippen LogP contribution in [0.1, 0.15) is 40.1 Å². The molecular formula is C25H28N2O3. The number of ether oxygens (including phenoxy) is 1. The molecule has 1 saturated carbocycles. The molecule has 0 radical (unpaired) electrons. The second kappa shape index (κ2) is 9.63. The lowest BCUT2D eigenvalue weighted by Gasteiger charge is -2.21. The number of benzene rings is 2. The third-order valence-corrected chi connectivity index (χ3v) is 5.19. The summed E-state index contributed by atoms with van der Waals surface area (Å²) in [7, 11) is 0. The highest BCUT2D eigenvalue weighted by atomic mass is 16.5. The van der Waals surface area contributed by atoms with Crippen molar-refractivity contribution in [2.75, 3.05) is 13.2 Å². The van der Waals surface area contributed by atoms with Gasteiger partial charge in [0.25, 0.3) is 5.91 Å². The van der Waals surface area contributed by atoms with Crippen molar-refractivity contribution in [3.63, 3.8) is 0 Å². The summed E-state index contributed by atoms with van der Waals surface area (Å²) in [4.78, 5) is 14.5. The Bertz CT molecular complexity index is 930. The number of hydrogen-bond donors (Lipinski definition) is 1. The minimum absolute atomic E-state index is 0.0167. The van der Waals surface area contributed by atoms with Crippen LogP contribution in [0.15, 0.2) is 71.3 Å². The fourth-order valence-electron chi connectivity index (χ4n) is 3.28. The number of hydrogen-bond acceptors (Lipinski definition) is 4. The van der Waals surface area contributed by atoms with E-state index in [-0.39, 0.29) is 5.91 Å². The predicted octanol–water partition coefficient (Wildman–Crippen LogP) is 4.56. The summed E-state index contributed by atoms with van der Waals surface area (Å²) in [5, 5.41) is 3.03. The van der Waals surface area contributed by atoms with Gasteiger partial charge in [-0.15, -0.1) is 0 Å². The number of carbonyl (C=O) groups excluding carboxylic acids is 1. The van der Waals surface area contributed by atoms with Gasteiger partial charge in [0.1, 0.15) is 18.1 Å². The first-order chi connectivity index (χ1) is 14.7. The number of carbonyl (C=O) groups is 1. The van der Waals surface area contributed by atoms with Gasteiger partial charge in [0.05, 0.1) is 12.8 Å². The second-order valence-electron chi connectivity index (χ2n) is 7.90. The predicted molar refractivity (Wildman–Crippen MR) is 116 cm³/mol. The van der Waals surface area contributed by atoms with Crippen molar-refractivity contribution in [3.8, 4) is 5.75 Å². The molecule has 1 amide bonds. The Labute approximate surface area is 177 Å². The van der Waals surface area contributed by atoms with Gasteiger partial charge in [-0.05, 0) is 61.7 Å².